The third-order valence-electron chi connectivity index (χ3n) is 3.35. The Kier molecular flexibility index (Phi) is 4.86. The number of aryl methyl sites for hydroxylation is 1. The molecule has 0 spiro atoms. The Morgan fingerprint density at radius 1 is 1.10 bits per heavy atom. The van der Waals surface area contributed by atoms with Gasteiger partial charge in [0.2, 0.25) is 5.91 Å². The zero-order valence-electron chi connectivity index (χ0n) is 12.4. The van der Waals surface area contributed by atoms with Crippen LogP contribution in [0.1, 0.15) is 18.1 Å². The maximum absolute atomic E-state index is 12.2. The third kappa shape index (κ3) is 3.99. The lowest BCUT2D eigenvalue weighted by Gasteiger charge is -2.17. The molecule has 0 heterocycles. The van der Waals surface area contributed by atoms with E-state index in [2.05, 4.69) is 10.6 Å². The van der Waals surface area contributed by atoms with Crippen LogP contribution in [0.2, 0.25) is 5.02 Å². The van der Waals surface area contributed by atoms with Crippen molar-refractivity contribution in [2.45, 2.75) is 26.8 Å². The van der Waals surface area contributed by atoms with Crippen LogP contribution < -0.4 is 10.6 Å². The van der Waals surface area contributed by atoms with E-state index in [-0.39, 0.29) is 11.9 Å². The summed E-state index contributed by atoms with van der Waals surface area (Å²) in [6.45, 7) is 5.76. The molecule has 0 aliphatic carbocycles. The normalized spacial score (nSPS) is 11.8. The fraction of sp³-hybridized carbons (Fsp3) is 0.235. The molecule has 0 radical (unpaired) electrons. The summed E-state index contributed by atoms with van der Waals surface area (Å²) in [6, 6.07) is 13.0. The van der Waals surface area contributed by atoms with Crippen LogP contribution in [0.3, 0.4) is 0 Å². The molecule has 1 amide bonds. The number of nitrogens with one attached hydrogen (secondary N) is 2. The minimum atomic E-state index is -0.358. The van der Waals surface area contributed by atoms with Gasteiger partial charge in [0.15, 0.2) is 0 Å². The van der Waals surface area contributed by atoms with Crippen molar-refractivity contribution in [2.24, 2.45) is 0 Å². The van der Waals surface area contributed by atoms with E-state index >= 15 is 0 Å². The van der Waals surface area contributed by atoms with E-state index in [4.69, 9.17) is 11.6 Å². The van der Waals surface area contributed by atoms with Crippen molar-refractivity contribution in [3.63, 3.8) is 0 Å². The van der Waals surface area contributed by atoms with Gasteiger partial charge >= 0.3 is 0 Å². The lowest BCUT2D eigenvalue weighted by Crippen LogP contribution is -2.32. The van der Waals surface area contributed by atoms with Crippen LogP contribution in [0.15, 0.2) is 42.5 Å². The Labute approximate surface area is 130 Å². The molecule has 2 N–H and O–H groups in total. The second-order valence-electron chi connectivity index (χ2n) is 5.13. The number of hydrogen-bond acceptors (Lipinski definition) is 2. The molecule has 2 aromatic carbocycles. The topological polar surface area (TPSA) is 41.1 Å². The van der Waals surface area contributed by atoms with Crippen molar-refractivity contribution in [1.82, 2.24) is 0 Å². The molecule has 0 fully saturated rings. The molecule has 2 aromatic rings. The smallest absolute Gasteiger partial charge is 0.246 e. The third-order valence-corrected chi connectivity index (χ3v) is 3.76. The van der Waals surface area contributed by atoms with Crippen LogP contribution in [0.4, 0.5) is 11.4 Å². The van der Waals surface area contributed by atoms with E-state index in [0.29, 0.717) is 5.02 Å². The quantitative estimate of drug-likeness (QED) is 0.879. The average Bonchev–Trinajstić information content (AvgIpc) is 2.46. The summed E-state index contributed by atoms with van der Waals surface area (Å²) in [6.07, 6.45) is 0. The van der Waals surface area contributed by atoms with E-state index in [1.807, 2.05) is 63.2 Å². The summed E-state index contributed by atoms with van der Waals surface area (Å²) in [5.74, 6) is -0.0850. The van der Waals surface area contributed by atoms with Gasteiger partial charge in [0, 0.05) is 16.4 Å². The summed E-state index contributed by atoms with van der Waals surface area (Å²) in [5, 5.41) is 6.76. The van der Waals surface area contributed by atoms with E-state index in [9.17, 15) is 4.79 Å². The number of halogens is 1. The first kappa shape index (κ1) is 15.4. The molecule has 1 unspecified atom stereocenters. The maximum atomic E-state index is 12.2. The van der Waals surface area contributed by atoms with Crippen LogP contribution in [0, 0.1) is 13.8 Å². The van der Waals surface area contributed by atoms with Crippen molar-refractivity contribution in [3.05, 3.63) is 58.6 Å². The molecule has 0 saturated heterocycles. The molecule has 4 heteroatoms. The highest BCUT2D eigenvalue weighted by molar-refractivity contribution is 6.31. The number of anilines is 2. The average molecular weight is 303 g/mol. The minimum absolute atomic E-state index is 0.0850. The predicted molar refractivity (Wildman–Crippen MR) is 89.1 cm³/mol. The van der Waals surface area contributed by atoms with Gasteiger partial charge in [-0.25, -0.2) is 0 Å². The number of hydrogen-bond donors (Lipinski definition) is 2. The second kappa shape index (κ2) is 6.64. The summed E-state index contributed by atoms with van der Waals surface area (Å²) in [7, 11) is 0. The highest BCUT2D eigenvalue weighted by atomic mass is 35.5. The highest BCUT2D eigenvalue weighted by Gasteiger charge is 2.14. The van der Waals surface area contributed by atoms with E-state index < -0.39 is 0 Å². The van der Waals surface area contributed by atoms with Gasteiger partial charge in [0.1, 0.15) is 6.04 Å². The Bertz CT molecular complexity index is 638. The Hall–Kier alpha value is -2.00. The zero-order chi connectivity index (χ0) is 15.4. The molecule has 3 nitrogen and oxygen atoms in total. The van der Waals surface area contributed by atoms with Crippen LogP contribution >= 0.6 is 11.6 Å². The van der Waals surface area contributed by atoms with Gasteiger partial charge in [-0.1, -0.05) is 35.4 Å². The number of benzene rings is 2. The number of carbonyl (C=O) groups is 1. The molecular weight excluding hydrogens is 284 g/mol. The minimum Gasteiger partial charge on any atom is -0.374 e. The molecule has 0 aliphatic rings. The number of carbonyl (C=O) groups excluding carboxylic acids is 1. The summed E-state index contributed by atoms with van der Waals surface area (Å²) in [4.78, 5) is 12.2. The number of amides is 1. The molecule has 0 bridgehead atoms. The fourth-order valence-electron chi connectivity index (χ4n) is 1.95. The molecule has 0 aromatic heterocycles. The van der Waals surface area contributed by atoms with Gasteiger partial charge in [0.25, 0.3) is 0 Å². The molecule has 0 aliphatic heterocycles. The maximum Gasteiger partial charge on any atom is 0.246 e. The van der Waals surface area contributed by atoms with Crippen LogP contribution in [0.25, 0.3) is 0 Å². The Morgan fingerprint density at radius 3 is 2.43 bits per heavy atom. The molecule has 2 rings (SSSR count). The largest absolute Gasteiger partial charge is 0.374 e. The predicted octanol–water partition coefficient (Wildman–Crippen LogP) is 4.40. The lowest BCUT2D eigenvalue weighted by atomic mass is 10.1. The lowest BCUT2D eigenvalue weighted by molar-refractivity contribution is -0.116. The van der Waals surface area contributed by atoms with Crippen LogP contribution in [-0.4, -0.2) is 11.9 Å². The highest BCUT2D eigenvalue weighted by Crippen LogP contribution is 2.23. The van der Waals surface area contributed by atoms with Crippen molar-refractivity contribution in [2.75, 3.05) is 10.6 Å². The van der Waals surface area contributed by atoms with Crippen molar-refractivity contribution in [1.29, 1.82) is 0 Å². The first-order valence-electron chi connectivity index (χ1n) is 6.86. The second-order valence-corrected chi connectivity index (χ2v) is 5.54. The van der Waals surface area contributed by atoms with Gasteiger partial charge in [-0.3, -0.25) is 4.79 Å². The van der Waals surface area contributed by atoms with Crippen molar-refractivity contribution >= 4 is 28.9 Å². The van der Waals surface area contributed by atoms with Crippen LogP contribution in [0.5, 0.6) is 0 Å². The van der Waals surface area contributed by atoms with Gasteiger partial charge in [0.05, 0.1) is 0 Å². The monoisotopic (exact) mass is 302 g/mol. The first-order valence-corrected chi connectivity index (χ1v) is 7.24. The van der Waals surface area contributed by atoms with Crippen molar-refractivity contribution in [3.8, 4) is 0 Å². The standard InChI is InChI=1S/C17H19ClN2O/c1-11-7-9-14(10-8-11)20-17(21)13(3)19-16-6-4-5-15(18)12(16)2/h4-10,13,19H,1-3H3,(H,20,21). The number of rotatable bonds is 4. The zero-order valence-corrected chi connectivity index (χ0v) is 13.2. The summed E-state index contributed by atoms with van der Waals surface area (Å²) >= 11 is 6.08. The van der Waals surface area contributed by atoms with E-state index in [1.165, 1.54) is 0 Å². The van der Waals surface area contributed by atoms with Crippen LogP contribution in [-0.2, 0) is 4.79 Å². The van der Waals surface area contributed by atoms with E-state index in [0.717, 1.165) is 22.5 Å². The molecule has 110 valence electrons. The molecule has 1 atom stereocenters. The van der Waals surface area contributed by atoms with Gasteiger partial charge in [-0.2, -0.15) is 0 Å². The fourth-order valence-corrected chi connectivity index (χ4v) is 2.12. The van der Waals surface area contributed by atoms with E-state index in [1.54, 1.807) is 0 Å². The summed E-state index contributed by atoms with van der Waals surface area (Å²) in [5.41, 5.74) is 3.76. The first-order chi connectivity index (χ1) is 9.97. The summed E-state index contributed by atoms with van der Waals surface area (Å²) < 4.78 is 0. The Morgan fingerprint density at radius 2 is 1.76 bits per heavy atom. The molecule has 21 heavy (non-hydrogen) atoms. The van der Waals surface area contributed by atoms with Gasteiger partial charge in [-0.05, 0) is 50.6 Å². The Balaban J connectivity index is 2.02. The van der Waals surface area contributed by atoms with Crippen molar-refractivity contribution < 1.29 is 4.79 Å². The van der Waals surface area contributed by atoms with Gasteiger partial charge < -0.3 is 10.6 Å². The SMILES string of the molecule is Cc1ccc(NC(=O)C(C)Nc2cccc(Cl)c2C)cc1. The molecule has 0 saturated carbocycles. The molecular formula is C17H19ClN2O. The van der Waals surface area contributed by atoms with Gasteiger partial charge in [-0.15, -0.1) is 0 Å².